The molecule has 1 amide bonds. The van der Waals surface area contributed by atoms with Crippen molar-refractivity contribution >= 4 is 28.5 Å². The zero-order valence-corrected chi connectivity index (χ0v) is 15.1. The minimum absolute atomic E-state index is 0.277. The van der Waals surface area contributed by atoms with Gasteiger partial charge in [0.2, 0.25) is 0 Å². The number of nitrogens with one attached hydrogen (secondary N) is 1. The normalized spacial score (nSPS) is 11.8. The van der Waals surface area contributed by atoms with Gasteiger partial charge in [0.05, 0.1) is 0 Å². The Bertz CT molecular complexity index is 950. The molecule has 1 aromatic heterocycles. The summed E-state index contributed by atoms with van der Waals surface area (Å²) in [7, 11) is 0. The Morgan fingerprint density at radius 2 is 1.93 bits per heavy atom. The second kappa shape index (κ2) is 8.35. The molecule has 2 aromatic carbocycles. The number of fused-ring (bicyclic) bond motifs is 1. The van der Waals surface area contributed by atoms with E-state index >= 15 is 0 Å². The van der Waals surface area contributed by atoms with E-state index in [2.05, 4.69) is 10.5 Å². The van der Waals surface area contributed by atoms with Gasteiger partial charge in [-0.05, 0) is 36.2 Å². The molecule has 0 aliphatic carbocycles. The summed E-state index contributed by atoms with van der Waals surface area (Å²) in [5.41, 5.74) is 0. The molecule has 0 saturated heterocycles. The first kappa shape index (κ1) is 18.4. The molecule has 7 heteroatoms. The van der Waals surface area contributed by atoms with Gasteiger partial charge in [-0.1, -0.05) is 42.4 Å². The Labute approximate surface area is 156 Å². The van der Waals surface area contributed by atoms with Crippen molar-refractivity contribution in [3.8, 4) is 5.75 Å². The standard InChI is InChI=1S/C20H20N2O5/c1-3-17(20(24)21-18-10-13(2)27-22-18)26-19(23)12-25-16-9-8-14-6-4-5-7-15(14)11-16/h4-11,17H,3,12H2,1-2H3,(H,21,22,24). The first-order valence-electron chi connectivity index (χ1n) is 8.60. The Morgan fingerprint density at radius 1 is 1.15 bits per heavy atom. The van der Waals surface area contributed by atoms with Crippen molar-refractivity contribution in [3.63, 3.8) is 0 Å². The number of anilines is 1. The molecule has 0 aliphatic heterocycles. The van der Waals surface area contributed by atoms with Crippen molar-refractivity contribution in [1.82, 2.24) is 5.16 Å². The summed E-state index contributed by atoms with van der Waals surface area (Å²) in [5.74, 6) is 0.311. The van der Waals surface area contributed by atoms with Crippen LogP contribution in [0.2, 0.25) is 0 Å². The smallest absolute Gasteiger partial charge is 0.344 e. The topological polar surface area (TPSA) is 90.7 Å². The van der Waals surface area contributed by atoms with Crippen LogP contribution in [0.5, 0.6) is 5.75 Å². The van der Waals surface area contributed by atoms with E-state index in [1.54, 1.807) is 26.0 Å². The van der Waals surface area contributed by atoms with Gasteiger partial charge in [0.1, 0.15) is 11.5 Å². The molecular weight excluding hydrogens is 348 g/mol. The number of aryl methyl sites for hydroxylation is 1. The van der Waals surface area contributed by atoms with Gasteiger partial charge in [-0.3, -0.25) is 4.79 Å². The minimum atomic E-state index is -0.935. The summed E-state index contributed by atoms with van der Waals surface area (Å²) in [6, 6.07) is 15.0. The molecular formula is C20H20N2O5. The predicted molar refractivity (Wildman–Crippen MR) is 99.5 cm³/mol. The molecule has 0 saturated carbocycles. The van der Waals surface area contributed by atoms with Crippen LogP contribution in [0.3, 0.4) is 0 Å². The molecule has 3 rings (SSSR count). The summed E-state index contributed by atoms with van der Waals surface area (Å²) in [5, 5.41) is 8.32. The van der Waals surface area contributed by atoms with Crippen molar-refractivity contribution in [2.24, 2.45) is 0 Å². The molecule has 0 fully saturated rings. The van der Waals surface area contributed by atoms with Crippen molar-refractivity contribution < 1.29 is 23.6 Å². The third-order valence-corrected chi connectivity index (χ3v) is 3.89. The number of nitrogens with zero attached hydrogens (tertiary/aromatic N) is 1. The van der Waals surface area contributed by atoms with E-state index in [9.17, 15) is 9.59 Å². The average Bonchev–Trinajstić information content (AvgIpc) is 3.08. The first-order valence-corrected chi connectivity index (χ1v) is 8.60. The Morgan fingerprint density at radius 3 is 2.63 bits per heavy atom. The lowest BCUT2D eigenvalue weighted by Crippen LogP contribution is -2.33. The second-order valence-electron chi connectivity index (χ2n) is 6.00. The summed E-state index contributed by atoms with van der Waals surface area (Å²) in [6.45, 7) is 3.17. The maximum absolute atomic E-state index is 12.2. The lowest BCUT2D eigenvalue weighted by Gasteiger charge is -2.15. The molecule has 7 nitrogen and oxygen atoms in total. The molecule has 1 atom stereocenters. The number of ether oxygens (including phenoxy) is 2. The number of carbonyl (C=O) groups excluding carboxylic acids is 2. The van der Waals surface area contributed by atoms with Crippen LogP contribution in [0.4, 0.5) is 5.82 Å². The maximum atomic E-state index is 12.2. The van der Waals surface area contributed by atoms with Crippen molar-refractivity contribution in [2.75, 3.05) is 11.9 Å². The van der Waals surface area contributed by atoms with E-state index < -0.39 is 18.0 Å². The highest BCUT2D eigenvalue weighted by Gasteiger charge is 2.22. The fraction of sp³-hybridized carbons (Fsp3) is 0.250. The maximum Gasteiger partial charge on any atom is 0.344 e. The Balaban J connectivity index is 1.53. The molecule has 0 bridgehead atoms. The Kier molecular flexibility index (Phi) is 5.71. The first-order chi connectivity index (χ1) is 13.0. The van der Waals surface area contributed by atoms with Crippen LogP contribution in [0, 0.1) is 6.92 Å². The molecule has 0 radical (unpaired) electrons. The number of benzene rings is 2. The van der Waals surface area contributed by atoms with Crippen LogP contribution in [-0.4, -0.2) is 29.7 Å². The highest BCUT2D eigenvalue weighted by Crippen LogP contribution is 2.20. The fourth-order valence-corrected chi connectivity index (χ4v) is 2.55. The molecule has 1 unspecified atom stereocenters. The van der Waals surface area contributed by atoms with Gasteiger partial charge in [0.25, 0.3) is 5.91 Å². The SMILES string of the molecule is CCC(OC(=O)COc1ccc2ccccc2c1)C(=O)Nc1cc(C)on1. The van der Waals surface area contributed by atoms with Gasteiger partial charge in [-0.2, -0.15) is 0 Å². The van der Waals surface area contributed by atoms with Crippen LogP contribution in [0.25, 0.3) is 10.8 Å². The quantitative estimate of drug-likeness (QED) is 0.642. The van der Waals surface area contributed by atoms with Crippen LogP contribution in [0.15, 0.2) is 53.1 Å². The lowest BCUT2D eigenvalue weighted by atomic mass is 10.1. The van der Waals surface area contributed by atoms with E-state index in [0.717, 1.165) is 10.8 Å². The van der Waals surface area contributed by atoms with Gasteiger partial charge < -0.3 is 19.3 Å². The van der Waals surface area contributed by atoms with Gasteiger partial charge >= 0.3 is 5.97 Å². The predicted octanol–water partition coefficient (Wildman–Crippen LogP) is 3.48. The highest BCUT2D eigenvalue weighted by atomic mass is 16.6. The minimum Gasteiger partial charge on any atom is -0.482 e. The van der Waals surface area contributed by atoms with Gasteiger partial charge in [-0.15, -0.1) is 0 Å². The van der Waals surface area contributed by atoms with Gasteiger partial charge in [0, 0.05) is 6.07 Å². The summed E-state index contributed by atoms with van der Waals surface area (Å²) < 4.78 is 15.6. The fourth-order valence-electron chi connectivity index (χ4n) is 2.55. The van der Waals surface area contributed by atoms with Crippen LogP contribution in [0.1, 0.15) is 19.1 Å². The number of amides is 1. The lowest BCUT2D eigenvalue weighted by molar-refractivity contribution is -0.156. The molecule has 1 N–H and O–H groups in total. The largest absolute Gasteiger partial charge is 0.482 e. The van der Waals surface area contributed by atoms with Crippen molar-refractivity contribution in [3.05, 3.63) is 54.3 Å². The van der Waals surface area contributed by atoms with E-state index in [1.165, 1.54) is 0 Å². The monoisotopic (exact) mass is 368 g/mol. The van der Waals surface area contributed by atoms with Crippen LogP contribution in [-0.2, 0) is 14.3 Å². The van der Waals surface area contributed by atoms with Crippen LogP contribution < -0.4 is 10.1 Å². The second-order valence-corrected chi connectivity index (χ2v) is 6.00. The number of rotatable bonds is 7. The highest BCUT2D eigenvalue weighted by molar-refractivity contribution is 5.94. The third kappa shape index (κ3) is 4.84. The number of esters is 1. The molecule has 0 aliphatic rings. The van der Waals surface area contributed by atoms with Gasteiger partial charge in [0.15, 0.2) is 18.5 Å². The molecule has 3 aromatic rings. The number of hydrogen-bond acceptors (Lipinski definition) is 6. The van der Waals surface area contributed by atoms with E-state index in [0.29, 0.717) is 17.9 Å². The molecule has 27 heavy (non-hydrogen) atoms. The van der Waals surface area contributed by atoms with Crippen LogP contribution >= 0.6 is 0 Å². The van der Waals surface area contributed by atoms with Crippen molar-refractivity contribution in [2.45, 2.75) is 26.4 Å². The van der Waals surface area contributed by atoms with E-state index in [1.807, 2.05) is 36.4 Å². The molecule has 1 heterocycles. The molecule has 140 valence electrons. The summed E-state index contributed by atoms with van der Waals surface area (Å²) >= 11 is 0. The van der Waals surface area contributed by atoms with E-state index in [-0.39, 0.29) is 12.4 Å². The van der Waals surface area contributed by atoms with Crippen molar-refractivity contribution in [1.29, 1.82) is 0 Å². The Hall–Kier alpha value is -3.35. The summed E-state index contributed by atoms with van der Waals surface area (Å²) in [6.07, 6.45) is -0.612. The zero-order valence-electron chi connectivity index (χ0n) is 15.1. The molecule has 0 spiro atoms. The summed E-state index contributed by atoms with van der Waals surface area (Å²) in [4.78, 5) is 24.2. The number of hydrogen-bond donors (Lipinski definition) is 1. The number of aromatic nitrogens is 1. The third-order valence-electron chi connectivity index (χ3n) is 3.89. The number of carbonyl (C=O) groups is 2. The van der Waals surface area contributed by atoms with E-state index in [4.69, 9.17) is 14.0 Å². The van der Waals surface area contributed by atoms with Gasteiger partial charge in [-0.25, -0.2) is 4.79 Å². The zero-order chi connectivity index (χ0) is 19.2. The average molecular weight is 368 g/mol.